The van der Waals surface area contributed by atoms with Gasteiger partial charge in [-0.25, -0.2) is 16.8 Å². The molecule has 1 heterocycles. The second kappa shape index (κ2) is 5.86. The normalized spacial score (nSPS) is 13.2. The van der Waals surface area contributed by atoms with Crippen LogP contribution in [0.3, 0.4) is 0 Å². The number of hydrogen-bond acceptors (Lipinski definition) is 6. The Labute approximate surface area is 132 Å². The van der Waals surface area contributed by atoms with Crippen LogP contribution >= 0.6 is 22.0 Å². The van der Waals surface area contributed by atoms with Crippen LogP contribution in [0.1, 0.15) is 29.8 Å². The van der Waals surface area contributed by atoms with E-state index >= 15 is 0 Å². The van der Waals surface area contributed by atoms with Gasteiger partial charge in [-0.15, -0.1) is 11.3 Å². The van der Waals surface area contributed by atoms with Crippen molar-refractivity contribution in [2.24, 2.45) is 0 Å². The molecule has 1 amide bonds. The van der Waals surface area contributed by atoms with Gasteiger partial charge in [0.05, 0.1) is 10.3 Å². The van der Waals surface area contributed by atoms with Gasteiger partial charge in [0.2, 0.25) is 0 Å². The van der Waals surface area contributed by atoms with Crippen LogP contribution in [-0.2, 0) is 18.9 Å². The largest absolute Gasteiger partial charge is 0.350 e. The number of hydrogen-bond donors (Lipinski definition) is 1. The zero-order valence-electron chi connectivity index (χ0n) is 11.9. The average Bonchev–Trinajstić information content (AvgIpc) is 2.66. The minimum Gasteiger partial charge on any atom is -0.350 e. The van der Waals surface area contributed by atoms with Gasteiger partial charge in [0, 0.05) is 28.9 Å². The van der Waals surface area contributed by atoms with E-state index < -0.39 is 29.5 Å². The topological polar surface area (TPSA) is 97.4 Å². The summed E-state index contributed by atoms with van der Waals surface area (Å²) in [5.41, 5.74) is 0.424. The predicted octanol–water partition coefficient (Wildman–Crippen LogP) is 1.54. The van der Waals surface area contributed by atoms with E-state index in [9.17, 15) is 21.6 Å². The van der Waals surface area contributed by atoms with Gasteiger partial charge in [-0.3, -0.25) is 4.79 Å². The van der Waals surface area contributed by atoms with Crippen molar-refractivity contribution in [3.63, 3.8) is 0 Å². The Morgan fingerprint density at radius 2 is 1.86 bits per heavy atom. The van der Waals surface area contributed by atoms with Crippen LogP contribution in [0.15, 0.2) is 9.59 Å². The van der Waals surface area contributed by atoms with Crippen LogP contribution in [0.5, 0.6) is 0 Å². The predicted molar refractivity (Wildman–Crippen MR) is 83.4 cm³/mol. The molecule has 21 heavy (non-hydrogen) atoms. The summed E-state index contributed by atoms with van der Waals surface area (Å²) in [5.74, 6) is -0.535. The Bertz CT molecular complexity index is 762. The monoisotopic (exact) mass is 373 g/mol. The number of thiophene rings is 1. The number of carbonyl (C=O) groups is 1. The van der Waals surface area contributed by atoms with Gasteiger partial charge in [0.1, 0.15) is 4.21 Å². The van der Waals surface area contributed by atoms with Crippen LogP contribution < -0.4 is 5.32 Å². The molecule has 0 unspecified atom stereocenters. The molecule has 0 radical (unpaired) electrons. The van der Waals surface area contributed by atoms with Crippen LogP contribution in [0.25, 0.3) is 0 Å². The Hall–Kier alpha value is -0.640. The van der Waals surface area contributed by atoms with E-state index in [-0.39, 0.29) is 21.9 Å². The minimum absolute atomic E-state index is 0.0804. The second-order valence-electron chi connectivity index (χ2n) is 5.21. The maximum atomic E-state index is 12.0. The first kappa shape index (κ1) is 18.4. The van der Waals surface area contributed by atoms with Crippen LogP contribution in [0.4, 0.5) is 0 Å². The van der Waals surface area contributed by atoms with Crippen molar-refractivity contribution in [3.8, 4) is 0 Å². The summed E-state index contributed by atoms with van der Waals surface area (Å²) < 4.78 is 44.5. The molecule has 120 valence electrons. The number of carbonyl (C=O) groups excluding carboxylic acids is 1. The molecule has 1 aromatic heterocycles. The lowest BCUT2D eigenvalue weighted by atomic mass is 10.2. The summed E-state index contributed by atoms with van der Waals surface area (Å²) in [6, 6.07) is 0. The Balaban J connectivity index is 2.96. The highest BCUT2D eigenvalue weighted by Gasteiger charge is 2.31. The van der Waals surface area contributed by atoms with Crippen molar-refractivity contribution in [3.05, 3.63) is 16.5 Å². The molecule has 0 aliphatic carbocycles. The highest BCUT2D eigenvalue weighted by atomic mass is 35.7. The molecule has 0 aliphatic rings. The number of rotatable bonds is 5. The highest BCUT2D eigenvalue weighted by molar-refractivity contribution is 8.15. The molecule has 0 aromatic carbocycles. The third kappa shape index (κ3) is 4.18. The molecule has 1 aromatic rings. The van der Waals surface area contributed by atoms with Gasteiger partial charge >= 0.3 is 0 Å². The molecule has 0 saturated heterocycles. The van der Waals surface area contributed by atoms with E-state index in [2.05, 4.69) is 5.32 Å². The molecule has 0 atom stereocenters. The summed E-state index contributed by atoms with van der Waals surface area (Å²) in [5, 5.41) is 3.88. The molecule has 0 bridgehead atoms. The molecule has 0 fully saturated rings. The van der Waals surface area contributed by atoms with Crippen LogP contribution in [0, 0.1) is 6.92 Å². The lowest BCUT2D eigenvalue weighted by molar-refractivity contribution is 0.0950. The zero-order valence-corrected chi connectivity index (χ0v) is 15.1. The van der Waals surface area contributed by atoms with Gasteiger partial charge in [-0.1, -0.05) is 0 Å². The summed E-state index contributed by atoms with van der Waals surface area (Å²) in [6.07, 6.45) is 1.09. The van der Waals surface area contributed by atoms with E-state index in [1.807, 2.05) is 0 Å². The molecule has 10 heteroatoms. The maximum absolute atomic E-state index is 12.0. The Kier molecular flexibility index (Phi) is 5.14. The molecule has 0 aliphatic heterocycles. The molecule has 6 nitrogen and oxygen atoms in total. The fourth-order valence-corrected chi connectivity index (χ4v) is 4.27. The standard InChI is InChI=1S/C11H16ClNO5S3/c1-7-8(5-19-10(7)21(12,17)18)9(14)13-6-11(2,3)20(4,15)16/h5H,6H2,1-4H3,(H,13,14). The molecule has 1 N–H and O–H groups in total. The SMILES string of the molecule is Cc1c(C(=O)NCC(C)(C)S(C)(=O)=O)csc1S(=O)(=O)Cl. The van der Waals surface area contributed by atoms with E-state index in [1.54, 1.807) is 0 Å². The van der Waals surface area contributed by atoms with Crippen molar-refractivity contribution < 1.29 is 21.6 Å². The Morgan fingerprint density at radius 1 is 1.33 bits per heavy atom. The van der Waals surface area contributed by atoms with Gasteiger partial charge < -0.3 is 5.32 Å². The minimum atomic E-state index is -3.90. The van der Waals surface area contributed by atoms with E-state index in [0.29, 0.717) is 0 Å². The molecule has 1 rings (SSSR count). The average molecular weight is 374 g/mol. The van der Waals surface area contributed by atoms with Gasteiger partial charge in [0.15, 0.2) is 9.84 Å². The second-order valence-corrected chi connectivity index (χ2v) is 11.5. The third-order valence-electron chi connectivity index (χ3n) is 3.14. The summed E-state index contributed by atoms with van der Waals surface area (Å²) in [7, 11) is -1.97. The van der Waals surface area contributed by atoms with Gasteiger partial charge in [-0.05, 0) is 26.3 Å². The lowest BCUT2D eigenvalue weighted by Gasteiger charge is -2.22. The lowest BCUT2D eigenvalue weighted by Crippen LogP contribution is -2.43. The number of nitrogens with one attached hydrogen (secondary N) is 1. The van der Waals surface area contributed by atoms with Gasteiger partial charge in [-0.2, -0.15) is 0 Å². The van der Waals surface area contributed by atoms with E-state index in [1.165, 1.54) is 26.2 Å². The number of sulfone groups is 1. The van der Waals surface area contributed by atoms with E-state index in [4.69, 9.17) is 10.7 Å². The molecular formula is C11H16ClNO5S3. The maximum Gasteiger partial charge on any atom is 0.271 e. The third-order valence-corrected chi connectivity index (χ3v) is 8.60. The van der Waals surface area contributed by atoms with Crippen LogP contribution in [0.2, 0.25) is 0 Å². The number of halogens is 1. The first-order valence-corrected chi connectivity index (χ1v) is 10.9. The first-order chi connectivity index (χ1) is 9.27. The number of amides is 1. The van der Waals surface area contributed by atoms with E-state index in [0.717, 1.165) is 17.6 Å². The fraction of sp³-hybridized carbons (Fsp3) is 0.545. The van der Waals surface area contributed by atoms with Crippen LogP contribution in [-0.4, -0.2) is 40.3 Å². The summed E-state index contributed by atoms with van der Waals surface area (Å²) >= 11 is 0.851. The van der Waals surface area contributed by atoms with Crippen molar-refractivity contribution in [1.82, 2.24) is 5.32 Å². The smallest absolute Gasteiger partial charge is 0.271 e. The van der Waals surface area contributed by atoms with Crippen molar-refractivity contribution in [2.75, 3.05) is 12.8 Å². The summed E-state index contributed by atoms with van der Waals surface area (Å²) in [6.45, 7) is 4.39. The fourth-order valence-electron chi connectivity index (χ4n) is 1.38. The van der Waals surface area contributed by atoms with Crippen molar-refractivity contribution in [2.45, 2.75) is 29.7 Å². The molecule has 0 spiro atoms. The zero-order chi connectivity index (χ0) is 16.6. The highest BCUT2D eigenvalue weighted by Crippen LogP contribution is 2.29. The first-order valence-electron chi connectivity index (χ1n) is 5.78. The summed E-state index contributed by atoms with van der Waals surface area (Å²) in [4.78, 5) is 12.0. The quantitative estimate of drug-likeness (QED) is 0.789. The Morgan fingerprint density at radius 3 is 2.24 bits per heavy atom. The van der Waals surface area contributed by atoms with Crippen molar-refractivity contribution in [1.29, 1.82) is 0 Å². The van der Waals surface area contributed by atoms with Crippen molar-refractivity contribution >= 4 is 46.8 Å². The molecule has 0 saturated carbocycles. The van der Waals surface area contributed by atoms with Gasteiger partial charge in [0.25, 0.3) is 15.0 Å². The molecular weight excluding hydrogens is 358 g/mol.